The molecule has 0 spiro atoms. The molecule has 3 saturated carbocycles. The number of benzene rings is 3. The molecular formula is C70H81N11O15S2. The minimum Gasteiger partial charge on any atom is -0.481 e. The minimum absolute atomic E-state index is 0.0322. The Bertz CT molecular complexity index is 4160. The highest BCUT2D eigenvalue weighted by molar-refractivity contribution is 7.79. The summed E-state index contributed by atoms with van der Waals surface area (Å²) in [5, 5.41) is 36.2. The summed E-state index contributed by atoms with van der Waals surface area (Å²) in [5.74, 6) is -5.22. The number of hydrogen-bond donors (Lipinski definition) is 7. The molecule has 7 unspecified atom stereocenters. The van der Waals surface area contributed by atoms with E-state index in [0.29, 0.717) is 113 Å². The molecule has 2 bridgehead atoms. The van der Waals surface area contributed by atoms with Crippen molar-refractivity contribution in [2.75, 3.05) is 60.6 Å². The van der Waals surface area contributed by atoms with Gasteiger partial charge >= 0.3 is 18.0 Å². The summed E-state index contributed by atoms with van der Waals surface area (Å²) in [6, 6.07) is 20.8. The van der Waals surface area contributed by atoms with E-state index < -0.39 is 83.4 Å². The number of carboxylic acids is 2. The molecule has 3 aromatic carbocycles. The van der Waals surface area contributed by atoms with Crippen LogP contribution in [0.4, 0.5) is 21.4 Å². The van der Waals surface area contributed by atoms with Gasteiger partial charge in [0.05, 0.1) is 40.9 Å². The Balaban J connectivity index is 0.740. The monoisotopic (exact) mass is 1380 g/mol. The van der Waals surface area contributed by atoms with Crippen LogP contribution in [-0.2, 0) is 81.9 Å². The van der Waals surface area contributed by atoms with Crippen molar-refractivity contribution < 1.29 is 71.6 Å². The molecule has 26 nitrogen and oxygen atoms in total. The van der Waals surface area contributed by atoms with Crippen LogP contribution in [0.2, 0.25) is 0 Å². The standard InChI is InChI=1S/C70H81N11O15S2/c1-6-70(96-28-26-78(27-29-98(93)94)66(92)95-36-46-18-19-47(30-45(46)12-7-10-17-60(86)87)74-62(88)42(2)73-56(82)33-71-57(83)35-80-58(84)22-23-59(80)85)39-68(5)37-67(4)38-69(40-70,31-54(67)68)41-81-43(3)50(32-72-81)48-20-21-55(76-61(48)64(90)91)79-25-24-44-13-11-14-49(51(44)34-79)63(89)77-65-75-52-15-8-9-16-53(52)97-65/h8-9,11,13-16,18-23,30,32,42,54H,6-7,10,12,17,24-29,31,33-41H2,1-5H3,(H,71,83)(H,73,82)(H,74,88)(H,86,87)(H,90,91)(H,93,94)(H,75,77,89). The quantitative estimate of drug-likeness (QED) is 0.0132. The zero-order valence-corrected chi connectivity index (χ0v) is 57.0. The minimum atomic E-state index is -2.25. The Labute approximate surface area is 572 Å². The number of aromatic nitrogens is 4. The number of unbranched alkanes of at least 4 members (excludes halogenated alkanes) is 1. The van der Waals surface area contributed by atoms with Crippen molar-refractivity contribution in [1.29, 1.82) is 0 Å². The highest BCUT2D eigenvalue weighted by Crippen LogP contribution is 2.77. The second-order valence-electron chi connectivity index (χ2n) is 27.2. The van der Waals surface area contributed by atoms with Crippen LogP contribution in [0.3, 0.4) is 0 Å². The van der Waals surface area contributed by atoms with Crippen LogP contribution in [0.15, 0.2) is 91.1 Å². The predicted molar refractivity (Wildman–Crippen MR) is 364 cm³/mol. The van der Waals surface area contributed by atoms with E-state index in [2.05, 4.69) is 47.0 Å². The Morgan fingerprint density at radius 3 is 2.39 bits per heavy atom. The number of carboxylic acid groups (broad SMARTS) is 2. The molecule has 3 aromatic heterocycles. The van der Waals surface area contributed by atoms with Gasteiger partial charge in [0.2, 0.25) is 17.7 Å². The molecule has 7 atom stereocenters. The predicted octanol–water partition coefficient (Wildman–Crippen LogP) is 8.29. The number of anilines is 3. The largest absolute Gasteiger partial charge is 0.481 e. The topological polar surface area (TPSA) is 351 Å². The first-order chi connectivity index (χ1) is 46.7. The number of imide groups is 1. The number of nitrogens with zero attached hydrogens (tertiary/aromatic N) is 7. The summed E-state index contributed by atoms with van der Waals surface area (Å²) >= 11 is -0.852. The Kier molecular flexibility index (Phi) is 20.8. The Morgan fingerprint density at radius 2 is 1.64 bits per heavy atom. The first-order valence-corrected chi connectivity index (χ1v) is 35.0. The zero-order chi connectivity index (χ0) is 69.8. The van der Waals surface area contributed by atoms with Crippen LogP contribution >= 0.6 is 11.3 Å². The number of pyridine rings is 1. The van der Waals surface area contributed by atoms with Gasteiger partial charge in [-0.1, -0.05) is 62.4 Å². The second kappa shape index (κ2) is 29.1. The van der Waals surface area contributed by atoms with E-state index >= 15 is 0 Å². The van der Waals surface area contributed by atoms with Crippen molar-refractivity contribution in [3.8, 4) is 11.1 Å². The number of carbonyl (C=O) groups excluding carboxylic acids is 7. The van der Waals surface area contributed by atoms with Crippen molar-refractivity contribution >= 4 is 103 Å². The van der Waals surface area contributed by atoms with Crippen LogP contribution in [0.5, 0.6) is 0 Å². The van der Waals surface area contributed by atoms with Crippen LogP contribution < -0.4 is 26.2 Å². The zero-order valence-electron chi connectivity index (χ0n) is 55.4. The smallest absolute Gasteiger partial charge is 0.410 e. The van der Waals surface area contributed by atoms with Gasteiger partial charge in [-0.15, -0.1) is 0 Å². The molecule has 3 aliphatic carbocycles. The highest BCUT2D eigenvalue weighted by atomic mass is 32.2. The second-order valence-corrected chi connectivity index (χ2v) is 29.3. The Morgan fingerprint density at radius 1 is 0.867 bits per heavy atom. The SMILES string of the molecule is CCC1(OCCN(CCS(=O)O)C(=O)OCc2ccc(NC(=O)C(C)NC(=O)CNC(=O)CN3C(=O)C=CC3=O)cc2CCCCC(=O)O)CC2(Cn3ncc(-c4ccc(N5CCc6cccc(C(=O)Nc7nc8ccccc8s7)c6C5)nc4C(=O)O)c3C)CC3C(C)(C2)CC3(C)C1. The summed E-state index contributed by atoms with van der Waals surface area (Å²) in [7, 11) is 0. The van der Waals surface area contributed by atoms with Crippen LogP contribution in [0.1, 0.15) is 134 Å². The third kappa shape index (κ3) is 15.5. The fraction of sp³-hybridized carbons (Fsp3) is 0.457. The molecule has 7 N–H and O–H groups in total. The number of thiazole rings is 1. The normalized spacial score (nSPS) is 22.0. The van der Waals surface area contributed by atoms with Gasteiger partial charge < -0.3 is 50.0 Å². The molecule has 11 rings (SSSR count). The molecule has 518 valence electrons. The van der Waals surface area contributed by atoms with Crippen LogP contribution in [0.25, 0.3) is 21.3 Å². The highest BCUT2D eigenvalue weighted by Gasteiger charge is 2.70. The Hall–Kier alpha value is -9.25. The number of aliphatic carboxylic acids is 1. The van der Waals surface area contributed by atoms with Gasteiger partial charge in [-0.05, 0) is 165 Å². The lowest BCUT2D eigenvalue weighted by atomic mass is 9.45. The molecule has 3 fully saturated rings. The van der Waals surface area contributed by atoms with Gasteiger partial charge in [0.15, 0.2) is 21.9 Å². The van der Waals surface area contributed by atoms with E-state index in [0.717, 1.165) is 64.9 Å². The number of rotatable bonds is 29. The summed E-state index contributed by atoms with van der Waals surface area (Å²) in [6.07, 6.45) is 9.66. The molecule has 2 aliphatic heterocycles. The van der Waals surface area contributed by atoms with E-state index in [4.69, 9.17) is 19.6 Å². The molecule has 98 heavy (non-hydrogen) atoms. The fourth-order valence-electron chi connectivity index (χ4n) is 16.0. The molecule has 0 radical (unpaired) electrons. The molecule has 28 heteroatoms. The number of hydrogen-bond acceptors (Lipinski definition) is 17. The first kappa shape index (κ1) is 70.1. The molecular weight excluding hydrogens is 1300 g/mol. The maximum atomic E-state index is 14.1. The fourth-order valence-corrected chi connectivity index (χ4v) is 17.2. The first-order valence-electron chi connectivity index (χ1n) is 32.9. The summed E-state index contributed by atoms with van der Waals surface area (Å²) < 4.78 is 38.1. The lowest BCUT2D eigenvalue weighted by Gasteiger charge is -2.61. The molecule has 6 aromatic rings. The van der Waals surface area contributed by atoms with Gasteiger partial charge in [0.1, 0.15) is 25.0 Å². The average Bonchev–Trinajstić information content (AvgIpc) is 1.50. The third-order valence-electron chi connectivity index (χ3n) is 20.2. The van der Waals surface area contributed by atoms with Gasteiger partial charge in [-0.3, -0.25) is 48.5 Å². The molecule has 5 heterocycles. The van der Waals surface area contributed by atoms with Crippen molar-refractivity contribution in [3.05, 3.63) is 130 Å². The molecule has 5 aliphatic rings. The number of carbonyl (C=O) groups is 9. The lowest BCUT2D eigenvalue weighted by molar-refractivity contribution is -0.166. The van der Waals surface area contributed by atoms with Crippen molar-refractivity contribution in [2.45, 2.75) is 137 Å². The summed E-state index contributed by atoms with van der Waals surface area (Å²) in [5.41, 5.74) is 5.60. The number of fused-ring (bicyclic) bond motifs is 3. The van der Waals surface area contributed by atoms with Crippen LogP contribution in [0, 0.1) is 29.1 Å². The number of amides is 7. The van der Waals surface area contributed by atoms with E-state index in [1.54, 1.807) is 36.5 Å². The number of nitrogens with one attached hydrogen (secondary N) is 4. The van der Waals surface area contributed by atoms with E-state index in [1.807, 2.05) is 59.0 Å². The molecule has 0 saturated heterocycles. The summed E-state index contributed by atoms with van der Waals surface area (Å²) in [4.78, 5) is 128. The van der Waals surface area contributed by atoms with Crippen LogP contribution in [-0.4, -0.2) is 159 Å². The van der Waals surface area contributed by atoms with Gasteiger partial charge in [0, 0.05) is 79.4 Å². The molecule has 7 amide bonds. The maximum absolute atomic E-state index is 14.1. The lowest BCUT2D eigenvalue weighted by Crippen LogP contribution is -2.55. The number of ether oxygens (including phenoxy) is 2. The van der Waals surface area contributed by atoms with E-state index in [-0.39, 0.29) is 66.3 Å². The maximum Gasteiger partial charge on any atom is 0.410 e. The van der Waals surface area contributed by atoms with E-state index in [1.165, 1.54) is 23.2 Å². The number of aryl methyl sites for hydroxylation is 1. The van der Waals surface area contributed by atoms with E-state index in [9.17, 15) is 62.1 Å². The van der Waals surface area contributed by atoms with Crippen molar-refractivity contribution in [1.82, 2.24) is 40.2 Å². The number of aromatic carboxylic acids is 1. The van der Waals surface area contributed by atoms with Gasteiger partial charge in [-0.2, -0.15) is 5.10 Å². The van der Waals surface area contributed by atoms with Crippen molar-refractivity contribution in [3.63, 3.8) is 0 Å². The summed E-state index contributed by atoms with van der Waals surface area (Å²) in [6.45, 7) is 10.3. The third-order valence-corrected chi connectivity index (χ3v) is 21.7. The number of para-hydroxylation sites is 1. The van der Waals surface area contributed by atoms with Gasteiger partial charge in [0.25, 0.3) is 17.7 Å². The van der Waals surface area contributed by atoms with Gasteiger partial charge in [-0.25, -0.2) is 23.8 Å². The van der Waals surface area contributed by atoms with Crippen molar-refractivity contribution in [2.24, 2.45) is 22.2 Å². The average molecular weight is 1380 g/mol.